The lowest BCUT2D eigenvalue weighted by atomic mass is 10.1. The number of ketones is 1. The molecule has 1 aliphatic carbocycles. The molecule has 0 N–H and O–H groups in total. The molecule has 1 rings (SSSR count). The van der Waals surface area contributed by atoms with E-state index in [0.717, 1.165) is 0 Å². The maximum Gasteiger partial charge on any atom is 0.193 e. The van der Waals surface area contributed by atoms with Gasteiger partial charge in [-0.05, 0) is 12.2 Å². The highest BCUT2D eigenvalue weighted by atomic mass is 28.3. The summed E-state index contributed by atoms with van der Waals surface area (Å²) in [6.07, 6.45) is 6.99. The highest BCUT2D eigenvalue weighted by molar-refractivity contribution is 6.80. The van der Waals surface area contributed by atoms with Gasteiger partial charge in [-0.3, -0.25) is 4.79 Å². The maximum atomic E-state index is 11.3. The Morgan fingerprint density at radius 2 is 1.85 bits per heavy atom. The van der Waals surface area contributed by atoms with E-state index in [2.05, 4.69) is 31.1 Å². The molecule has 0 atom stereocenters. The first kappa shape index (κ1) is 9.97. The van der Waals surface area contributed by atoms with Gasteiger partial charge in [0.05, 0.1) is 13.6 Å². The van der Waals surface area contributed by atoms with E-state index in [1.165, 1.54) is 0 Å². The fourth-order valence-corrected chi connectivity index (χ4v) is 1.47. The van der Waals surface area contributed by atoms with Gasteiger partial charge in [0.15, 0.2) is 5.78 Å². The van der Waals surface area contributed by atoms with Crippen molar-refractivity contribution < 1.29 is 4.79 Å². The third-order valence-corrected chi connectivity index (χ3v) is 2.56. The Morgan fingerprint density at radius 1 is 1.23 bits per heavy atom. The Balaban J connectivity index is 2.95. The molecule has 0 amide bonds. The molecule has 0 bridgehead atoms. The van der Waals surface area contributed by atoms with E-state index in [-0.39, 0.29) is 5.78 Å². The molecule has 1 nitrogen and oxygen atoms in total. The van der Waals surface area contributed by atoms with Crippen LogP contribution >= 0.6 is 0 Å². The van der Waals surface area contributed by atoms with Crippen molar-refractivity contribution in [1.29, 1.82) is 0 Å². The van der Waals surface area contributed by atoms with Crippen molar-refractivity contribution in [2.24, 2.45) is 0 Å². The van der Waals surface area contributed by atoms with E-state index in [9.17, 15) is 4.79 Å². The average Bonchev–Trinajstić information content (AvgIpc) is 2.01. The Labute approximate surface area is 80.2 Å². The molecule has 0 aromatic heterocycles. The van der Waals surface area contributed by atoms with Gasteiger partial charge >= 0.3 is 0 Å². The lowest BCUT2D eigenvalue weighted by Gasteiger charge is -2.05. The standard InChI is InChI=1S/C11H14OSi/c1-13(2,3)9-8-10-6-4-5-7-11(10)12/h4-7,9H,1-3H3. The first-order valence-electron chi connectivity index (χ1n) is 4.36. The van der Waals surface area contributed by atoms with E-state index in [1.807, 2.05) is 6.08 Å². The van der Waals surface area contributed by atoms with Crippen LogP contribution in [0.1, 0.15) is 0 Å². The highest BCUT2D eigenvalue weighted by Gasteiger charge is 2.08. The SMILES string of the molecule is C[Si](C)(C)C=C=C1C=CC=CC1=O. The lowest BCUT2D eigenvalue weighted by molar-refractivity contribution is -0.111. The summed E-state index contributed by atoms with van der Waals surface area (Å²) in [5.74, 6) is 0.0528. The predicted molar refractivity (Wildman–Crippen MR) is 58.2 cm³/mol. The van der Waals surface area contributed by atoms with E-state index in [4.69, 9.17) is 0 Å². The van der Waals surface area contributed by atoms with Crippen LogP contribution in [-0.4, -0.2) is 13.9 Å². The summed E-state index contributed by atoms with van der Waals surface area (Å²) in [6.45, 7) is 6.65. The zero-order chi connectivity index (χ0) is 9.90. The van der Waals surface area contributed by atoms with E-state index in [1.54, 1.807) is 18.2 Å². The summed E-state index contributed by atoms with van der Waals surface area (Å²) in [5, 5.41) is 0. The smallest absolute Gasteiger partial charge is 0.193 e. The van der Waals surface area contributed by atoms with E-state index >= 15 is 0 Å². The highest BCUT2D eigenvalue weighted by Crippen LogP contribution is 2.07. The summed E-state index contributed by atoms with van der Waals surface area (Å²) in [7, 11) is -1.24. The first-order chi connectivity index (χ1) is 5.99. The second-order valence-corrected chi connectivity index (χ2v) is 9.17. The molecule has 0 radical (unpaired) electrons. The van der Waals surface area contributed by atoms with Crippen LogP contribution < -0.4 is 0 Å². The zero-order valence-corrected chi connectivity index (χ0v) is 9.29. The van der Waals surface area contributed by atoms with Gasteiger partial charge in [0, 0.05) is 0 Å². The van der Waals surface area contributed by atoms with Gasteiger partial charge in [0.2, 0.25) is 0 Å². The van der Waals surface area contributed by atoms with Crippen LogP contribution in [0.3, 0.4) is 0 Å². The van der Waals surface area contributed by atoms with Gasteiger partial charge in [0.25, 0.3) is 0 Å². The molecular weight excluding hydrogens is 176 g/mol. The molecule has 0 aromatic rings. The van der Waals surface area contributed by atoms with Gasteiger partial charge < -0.3 is 0 Å². The second kappa shape index (κ2) is 3.73. The minimum Gasteiger partial charge on any atom is -0.289 e. The number of carbonyl (C=O) groups excluding carboxylic acids is 1. The molecule has 0 heterocycles. The molecule has 13 heavy (non-hydrogen) atoms. The number of carbonyl (C=O) groups is 1. The Hall–Kier alpha value is -1.11. The van der Waals surface area contributed by atoms with Crippen LogP contribution in [0.5, 0.6) is 0 Å². The third-order valence-electron chi connectivity index (χ3n) is 1.55. The zero-order valence-electron chi connectivity index (χ0n) is 8.29. The van der Waals surface area contributed by atoms with Gasteiger partial charge in [-0.1, -0.05) is 37.5 Å². The molecule has 0 fully saturated rings. The summed E-state index contributed by atoms with van der Waals surface area (Å²) < 4.78 is 0. The molecule has 1 aliphatic rings. The monoisotopic (exact) mass is 190 g/mol. The number of hydrogen-bond acceptors (Lipinski definition) is 1. The van der Waals surface area contributed by atoms with Crippen molar-refractivity contribution in [3.05, 3.63) is 41.3 Å². The van der Waals surface area contributed by atoms with Crippen LogP contribution in [0.4, 0.5) is 0 Å². The van der Waals surface area contributed by atoms with Crippen molar-refractivity contribution in [1.82, 2.24) is 0 Å². The molecule has 0 unspecified atom stereocenters. The van der Waals surface area contributed by atoms with Crippen LogP contribution in [0.25, 0.3) is 0 Å². The topological polar surface area (TPSA) is 17.1 Å². The molecule has 0 aliphatic heterocycles. The molecule has 2 heteroatoms. The summed E-state index contributed by atoms with van der Waals surface area (Å²) in [4.78, 5) is 11.3. The van der Waals surface area contributed by atoms with Crippen molar-refractivity contribution >= 4 is 13.9 Å². The lowest BCUT2D eigenvalue weighted by Crippen LogP contribution is -2.15. The number of hydrogen-bond donors (Lipinski definition) is 0. The van der Waals surface area contributed by atoms with Crippen LogP contribution in [0.15, 0.2) is 41.3 Å². The molecule has 0 saturated heterocycles. The molecule has 0 saturated carbocycles. The molecule has 0 aromatic carbocycles. The fraction of sp³-hybridized carbons (Fsp3) is 0.273. The number of rotatable bonds is 1. The van der Waals surface area contributed by atoms with Crippen molar-refractivity contribution in [2.75, 3.05) is 0 Å². The van der Waals surface area contributed by atoms with Crippen LogP contribution in [0.2, 0.25) is 19.6 Å². The van der Waals surface area contributed by atoms with Crippen molar-refractivity contribution in [2.45, 2.75) is 19.6 Å². The second-order valence-electron chi connectivity index (χ2n) is 4.15. The third kappa shape index (κ3) is 3.41. The molecule has 68 valence electrons. The Bertz CT molecular complexity index is 334. The Morgan fingerprint density at radius 3 is 2.38 bits per heavy atom. The average molecular weight is 190 g/mol. The van der Waals surface area contributed by atoms with Crippen molar-refractivity contribution in [3.63, 3.8) is 0 Å². The fourth-order valence-electron chi connectivity index (χ4n) is 0.880. The van der Waals surface area contributed by atoms with Gasteiger partial charge in [0.1, 0.15) is 0 Å². The van der Waals surface area contributed by atoms with Gasteiger partial charge in [-0.15, -0.1) is 5.73 Å². The summed E-state index contributed by atoms with van der Waals surface area (Å²) in [6, 6.07) is 0. The van der Waals surface area contributed by atoms with Crippen molar-refractivity contribution in [3.8, 4) is 0 Å². The summed E-state index contributed by atoms with van der Waals surface area (Å²) in [5.41, 5.74) is 5.81. The normalized spacial score (nSPS) is 15.9. The largest absolute Gasteiger partial charge is 0.289 e. The first-order valence-corrected chi connectivity index (χ1v) is 7.94. The number of allylic oxidation sites excluding steroid dienone is 5. The van der Waals surface area contributed by atoms with Gasteiger partial charge in [-0.2, -0.15) is 0 Å². The summed E-state index contributed by atoms with van der Waals surface area (Å²) >= 11 is 0. The van der Waals surface area contributed by atoms with Gasteiger partial charge in [-0.25, -0.2) is 0 Å². The van der Waals surface area contributed by atoms with Crippen LogP contribution in [0, 0.1) is 0 Å². The predicted octanol–water partition coefficient (Wildman–Crippen LogP) is 2.64. The minimum atomic E-state index is -1.24. The Kier molecular flexibility index (Phi) is 2.86. The molecular formula is C11H14OSi. The van der Waals surface area contributed by atoms with Crippen LogP contribution in [-0.2, 0) is 4.79 Å². The quantitative estimate of drug-likeness (QED) is 0.353. The van der Waals surface area contributed by atoms with E-state index < -0.39 is 8.07 Å². The maximum absolute atomic E-state index is 11.3. The molecule has 0 spiro atoms. The minimum absolute atomic E-state index is 0.0528. The van der Waals surface area contributed by atoms with E-state index in [0.29, 0.717) is 5.57 Å².